The van der Waals surface area contributed by atoms with Crippen molar-refractivity contribution in [2.24, 2.45) is 0 Å². The second kappa shape index (κ2) is 11.0. The van der Waals surface area contributed by atoms with Crippen molar-refractivity contribution in [1.82, 2.24) is 14.9 Å². The highest BCUT2D eigenvalue weighted by Gasteiger charge is 2.10. The van der Waals surface area contributed by atoms with E-state index in [9.17, 15) is 4.79 Å². The maximum Gasteiger partial charge on any atom is 0.307 e. The molecule has 0 aliphatic heterocycles. The van der Waals surface area contributed by atoms with Crippen LogP contribution in [-0.2, 0) is 17.8 Å². The van der Waals surface area contributed by atoms with Gasteiger partial charge in [0.05, 0.1) is 6.42 Å². The van der Waals surface area contributed by atoms with Gasteiger partial charge in [-0.15, -0.1) is 0 Å². The maximum atomic E-state index is 11.1. The quantitative estimate of drug-likeness (QED) is 0.328. The van der Waals surface area contributed by atoms with Crippen LogP contribution in [0.5, 0.6) is 0 Å². The predicted molar refractivity (Wildman–Crippen MR) is 122 cm³/mol. The van der Waals surface area contributed by atoms with E-state index in [1.807, 2.05) is 54.9 Å². The van der Waals surface area contributed by atoms with E-state index in [1.54, 1.807) is 6.20 Å². The Labute approximate surface area is 177 Å². The summed E-state index contributed by atoms with van der Waals surface area (Å²) in [5.41, 5.74) is 3.97. The number of nitrogens with one attached hydrogen (secondary N) is 1. The van der Waals surface area contributed by atoms with Gasteiger partial charge in [-0.2, -0.15) is 0 Å². The van der Waals surface area contributed by atoms with Crippen LogP contribution >= 0.6 is 0 Å². The molecule has 0 radical (unpaired) electrons. The normalized spacial score (nSPS) is 11.2. The van der Waals surface area contributed by atoms with Crippen LogP contribution in [0, 0.1) is 0 Å². The van der Waals surface area contributed by atoms with Crippen LogP contribution in [0.1, 0.15) is 36.8 Å². The zero-order valence-electron chi connectivity index (χ0n) is 17.3. The highest BCUT2D eigenvalue weighted by molar-refractivity contribution is 5.87. The third kappa shape index (κ3) is 6.34. The van der Waals surface area contributed by atoms with Gasteiger partial charge in [0.15, 0.2) is 0 Å². The average Bonchev–Trinajstić information content (AvgIpc) is 3.09. The number of carboxylic acid groups (broad SMARTS) is 1. The van der Waals surface area contributed by atoms with E-state index in [0.29, 0.717) is 0 Å². The van der Waals surface area contributed by atoms with Crippen molar-refractivity contribution in [3.63, 3.8) is 0 Å². The van der Waals surface area contributed by atoms with E-state index >= 15 is 0 Å². The summed E-state index contributed by atoms with van der Waals surface area (Å²) in [5.74, 6) is -0.790. The van der Waals surface area contributed by atoms with Crippen molar-refractivity contribution in [2.75, 3.05) is 6.54 Å². The molecule has 0 spiro atoms. The zero-order valence-corrected chi connectivity index (χ0v) is 17.3. The highest BCUT2D eigenvalue weighted by Crippen LogP contribution is 2.22. The molecule has 30 heavy (non-hydrogen) atoms. The van der Waals surface area contributed by atoms with Crippen LogP contribution in [0.25, 0.3) is 17.0 Å². The minimum Gasteiger partial charge on any atom is -0.481 e. The lowest BCUT2D eigenvalue weighted by Crippen LogP contribution is -2.12. The number of para-hydroxylation sites is 1. The maximum absolute atomic E-state index is 11.1. The molecule has 0 amide bonds. The fraction of sp³-hybridized carbons (Fsp3) is 0.280. The fourth-order valence-electron chi connectivity index (χ4n) is 3.55. The van der Waals surface area contributed by atoms with Crippen LogP contribution in [0.2, 0.25) is 0 Å². The minimum atomic E-state index is -0.790. The summed E-state index contributed by atoms with van der Waals surface area (Å²) in [4.78, 5) is 15.2. The van der Waals surface area contributed by atoms with E-state index < -0.39 is 5.97 Å². The molecule has 3 rings (SSSR count). The number of pyridine rings is 1. The van der Waals surface area contributed by atoms with Crippen molar-refractivity contribution in [1.29, 1.82) is 0 Å². The van der Waals surface area contributed by atoms with Crippen molar-refractivity contribution in [2.45, 2.75) is 38.6 Å². The number of hydrogen-bond donors (Lipinski definition) is 2. The number of aromatic nitrogens is 2. The third-order valence-electron chi connectivity index (χ3n) is 5.05. The first-order valence-corrected chi connectivity index (χ1v) is 10.4. The lowest BCUT2D eigenvalue weighted by molar-refractivity contribution is -0.136. The van der Waals surface area contributed by atoms with E-state index in [2.05, 4.69) is 27.5 Å². The predicted octanol–water partition coefficient (Wildman–Crippen LogP) is 5.04. The smallest absolute Gasteiger partial charge is 0.307 e. The van der Waals surface area contributed by atoms with E-state index in [4.69, 9.17) is 5.11 Å². The summed E-state index contributed by atoms with van der Waals surface area (Å²) in [6.45, 7) is 5.85. The summed E-state index contributed by atoms with van der Waals surface area (Å²) in [7, 11) is 0. The Balaban J connectivity index is 1.36. The SMILES string of the molecule is C=C(/C=C/c1cccnc1)NCCCCCCn1cc(CC(=O)O)c2ccccc21. The summed E-state index contributed by atoms with van der Waals surface area (Å²) >= 11 is 0. The number of fused-ring (bicyclic) bond motifs is 1. The molecule has 2 heterocycles. The lowest BCUT2D eigenvalue weighted by Gasteiger charge is -2.07. The molecule has 0 aliphatic carbocycles. The molecule has 5 nitrogen and oxygen atoms in total. The molecule has 0 saturated heterocycles. The van der Waals surface area contributed by atoms with Gasteiger partial charge in [-0.3, -0.25) is 9.78 Å². The molecule has 0 atom stereocenters. The molecular weight excluding hydrogens is 374 g/mol. The van der Waals surface area contributed by atoms with Gasteiger partial charge in [0.1, 0.15) is 0 Å². The summed E-state index contributed by atoms with van der Waals surface area (Å²) in [6.07, 6.45) is 14.1. The Morgan fingerprint density at radius 2 is 1.97 bits per heavy atom. The Morgan fingerprint density at radius 3 is 2.77 bits per heavy atom. The number of rotatable bonds is 12. The molecule has 2 N–H and O–H groups in total. The number of benzene rings is 1. The second-order valence-electron chi connectivity index (χ2n) is 7.42. The number of unbranched alkanes of at least 4 members (excludes halogenated alkanes) is 3. The van der Waals surface area contributed by atoms with E-state index in [1.165, 1.54) is 0 Å². The third-order valence-corrected chi connectivity index (χ3v) is 5.05. The Bertz CT molecular complexity index is 1010. The second-order valence-corrected chi connectivity index (χ2v) is 7.42. The molecule has 3 aromatic rings. The highest BCUT2D eigenvalue weighted by atomic mass is 16.4. The van der Waals surface area contributed by atoms with Crippen LogP contribution in [0.4, 0.5) is 0 Å². The average molecular weight is 404 g/mol. The van der Waals surface area contributed by atoms with Crippen LogP contribution in [0.15, 0.2) is 73.3 Å². The number of allylic oxidation sites excluding steroid dienone is 1. The molecule has 1 aromatic carbocycles. The first kappa shape index (κ1) is 21.4. The number of hydrogen-bond acceptors (Lipinski definition) is 3. The van der Waals surface area contributed by atoms with Crippen LogP contribution < -0.4 is 5.32 Å². The van der Waals surface area contributed by atoms with Gasteiger partial charge < -0.3 is 15.0 Å². The Hall–Kier alpha value is -3.34. The summed E-state index contributed by atoms with van der Waals surface area (Å²) in [5, 5.41) is 13.5. The number of nitrogens with zero attached hydrogens (tertiary/aromatic N) is 2. The largest absolute Gasteiger partial charge is 0.481 e. The molecule has 0 bridgehead atoms. The lowest BCUT2D eigenvalue weighted by atomic mass is 10.1. The first-order chi connectivity index (χ1) is 14.6. The van der Waals surface area contributed by atoms with Crippen molar-refractivity contribution >= 4 is 22.9 Å². The van der Waals surface area contributed by atoms with Crippen molar-refractivity contribution in [3.8, 4) is 0 Å². The number of aryl methyl sites for hydroxylation is 1. The standard InChI is InChI=1S/C25H29N3O2/c1-20(12-13-21-9-8-14-26-18-21)27-15-6-2-3-7-16-28-19-22(17-25(29)30)23-10-4-5-11-24(23)28/h4-5,8-14,18-19,27H,1-3,6-7,15-17H2,(H,29,30)/b13-12+. The monoisotopic (exact) mass is 403 g/mol. The van der Waals surface area contributed by atoms with Gasteiger partial charge in [0.25, 0.3) is 0 Å². The molecule has 2 aromatic heterocycles. The van der Waals surface area contributed by atoms with Gasteiger partial charge in [-0.05, 0) is 42.2 Å². The zero-order chi connectivity index (χ0) is 21.2. The summed E-state index contributed by atoms with van der Waals surface area (Å²) < 4.78 is 2.19. The molecule has 0 saturated carbocycles. The minimum absolute atomic E-state index is 0.0678. The fourth-order valence-corrected chi connectivity index (χ4v) is 3.55. The van der Waals surface area contributed by atoms with Gasteiger partial charge >= 0.3 is 5.97 Å². The van der Waals surface area contributed by atoms with Gasteiger partial charge in [0, 0.05) is 48.3 Å². The molecule has 156 valence electrons. The molecule has 0 aliphatic rings. The number of carboxylic acids is 1. The van der Waals surface area contributed by atoms with E-state index in [0.717, 1.165) is 66.5 Å². The summed E-state index contributed by atoms with van der Waals surface area (Å²) in [6, 6.07) is 12.0. The first-order valence-electron chi connectivity index (χ1n) is 10.4. The number of aliphatic carboxylic acids is 1. The molecule has 0 fully saturated rings. The van der Waals surface area contributed by atoms with Crippen molar-refractivity contribution in [3.05, 3.63) is 84.5 Å². The Kier molecular flexibility index (Phi) is 7.84. The van der Waals surface area contributed by atoms with Gasteiger partial charge in [0.2, 0.25) is 0 Å². The van der Waals surface area contributed by atoms with Gasteiger partial charge in [-0.1, -0.05) is 49.8 Å². The molecule has 0 unspecified atom stereocenters. The van der Waals surface area contributed by atoms with Crippen LogP contribution in [-0.4, -0.2) is 27.2 Å². The molecule has 5 heteroatoms. The van der Waals surface area contributed by atoms with Gasteiger partial charge in [-0.25, -0.2) is 0 Å². The van der Waals surface area contributed by atoms with Crippen molar-refractivity contribution < 1.29 is 9.90 Å². The van der Waals surface area contributed by atoms with E-state index in [-0.39, 0.29) is 6.42 Å². The molecular formula is C25H29N3O2. The topological polar surface area (TPSA) is 67.2 Å². The van der Waals surface area contributed by atoms with Crippen LogP contribution in [0.3, 0.4) is 0 Å². The number of carbonyl (C=O) groups is 1. The Morgan fingerprint density at radius 1 is 1.13 bits per heavy atom.